The Hall–Kier alpha value is -2.13. The summed E-state index contributed by atoms with van der Waals surface area (Å²) in [4.78, 5) is 0. The molecule has 1 aliphatic rings. The Kier molecular flexibility index (Phi) is 3.43. The minimum Gasteiger partial charge on any atom is -0.343 e. The van der Waals surface area contributed by atoms with Crippen molar-refractivity contribution in [2.45, 2.75) is 19.4 Å². The monoisotopic (exact) mass is 294 g/mol. The first-order chi connectivity index (χ1) is 10.8. The molecule has 2 heterocycles. The van der Waals surface area contributed by atoms with Crippen molar-refractivity contribution in [1.82, 2.24) is 9.88 Å². The molecule has 3 heteroatoms. The van der Waals surface area contributed by atoms with Gasteiger partial charge in [-0.15, -0.1) is 0 Å². The fourth-order valence-electron chi connectivity index (χ4n) is 3.35. The molecule has 0 bridgehead atoms. The van der Waals surface area contributed by atoms with Gasteiger partial charge in [-0.05, 0) is 35.4 Å². The number of hydrogen-bond acceptors (Lipinski definition) is 1. The largest absolute Gasteiger partial charge is 0.343 e. The second-order valence-electron chi connectivity index (χ2n) is 5.95. The number of benzene rings is 2. The molecular formula is C19H19FN2. The van der Waals surface area contributed by atoms with Crippen molar-refractivity contribution in [1.29, 1.82) is 0 Å². The zero-order valence-corrected chi connectivity index (χ0v) is 12.5. The fourth-order valence-corrected chi connectivity index (χ4v) is 3.35. The zero-order valence-electron chi connectivity index (χ0n) is 12.5. The van der Waals surface area contributed by atoms with E-state index in [4.69, 9.17) is 0 Å². The molecule has 0 spiro atoms. The molecule has 0 saturated heterocycles. The quantitative estimate of drug-likeness (QED) is 0.765. The Morgan fingerprint density at radius 1 is 1.05 bits per heavy atom. The average Bonchev–Trinajstić information content (AvgIpc) is 2.70. The van der Waals surface area contributed by atoms with Gasteiger partial charge in [0.05, 0.1) is 0 Å². The van der Waals surface area contributed by atoms with Crippen LogP contribution in [0.2, 0.25) is 0 Å². The van der Waals surface area contributed by atoms with Gasteiger partial charge >= 0.3 is 0 Å². The van der Waals surface area contributed by atoms with Crippen molar-refractivity contribution in [2.24, 2.45) is 0 Å². The smallest absolute Gasteiger partial charge is 0.126 e. The molecular weight excluding hydrogens is 275 g/mol. The summed E-state index contributed by atoms with van der Waals surface area (Å²) in [6.07, 6.45) is 1.71. The highest BCUT2D eigenvalue weighted by Crippen LogP contribution is 2.24. The zero-order chi connectivity index (χ0) is 14.9. The Balaban J connectivity index is 1.71. The Morgan fingerprint density at radius 2 is 1.95 bits per heavy atom. The third-order valence-corrected chi connectivity index (χ3v) is 4.47. The first-order valence-electron chi connectivity index (χ1n) is 7.86. The summed E-state index contributed by atoms with van der Waals surface area (Å²) < 4.78 is 16.2. The van der Waals surface area contributed by atoms with Crippen LogP contribution in [0.25, 0.3) is 10.9 Å². The van der Waals surface area contributed by atoms with Crippen molar-refractivity contribution in [3.05, 3.63) is 71.2 Å². The predicted molar refractivity (Wildman–Crippen MR) is 87.7 cm³/mol. The van der Waals surface area contributed by atoms with Crippen LogP contribution in [0.4, 0.5) is 4.39 Å². The van der Waals surface area contributed by atoms with Gasteiger partial charge in [0, 0.05) is 49.1 Å². The second kappa shape index (κ2) is 5.58. The van der Waals surface area contributed by atoms with E-state index < -0.39 is 0 Å². The molecule has 2 aromatic carbocycles. The number of nitrogens with zero attached hydrogens (tertiary/aromatic N) is 1. The third-order valence-electron chi connectivity index (χ3n) is 4.47. The first-order valence-corrected chi connectivity index (χ1v) is 7.86. The van der Waals surface area contributed by atoms with E-state index in [9.17, 15) is 4.39 Å². The summed E-state index contributed by atoms with van der Waals surface area (Å²) in [6, 6.07) is 15.8. The summed E-state index contributed by atoms with van der Waals surface area (Å²) in [7, 11) is 0. The van der Waals surface area contributed by atoms with Crippen molar-refractivity contribution in [3.63, 3.8) is 0 Å². The van der Waals surface area contributed by atoms with Crippen LogP contribution in [0.5, 0.6) is 0 Å². The molecule has 1 aliphatic heterocycles. The van der Waals surface area contributed by atoms with Crippen LogP contribution < -0.4 is 5.32 Å². The van der Waals surface area contributed by atoms with Crippen LogP contribution in [0.1, 0.15) is 16.8 Å². The second-order valence-corrected chi connectivity index (χ2v) is 5.95. The Labute approximate surface area is 129 Å². The summed E-state index contributed by atoms with van der Waals surface area (Å²) in [5, 5.41) is 4.70. The van der Waals surface area contributed by atoms with Gasteiger partial charge in [0.15, 0.2) is 0 Å². The van der Waals surface area contributed by atoms with E-state index in [0.717, 1.165) is 37.2 Å². The normalized spacial score (nSPS) is 14.8. The molecule has 1 N–H and O–H groups in total. The standard InChI is InChI=1S/C19H19FN2/c20-18-4-2-1-3-15(18)11-14-5-6-19-16(12-14)13-17-7-8-21-9-10-22(17)19/h1-6,12-13,21H,7-11H2. The third kappa shape index (κ3) is 2.42. The van der Waals surface area contributed by atoms with E-state index in [1.807, 2.05) is 12.1 Å². The van der Waals surface area contributed by atoms with Crippen molar-refractivity contribution in [3.8, 4) is 0 Å². The molecule has 0 amide bonds. The van der Waals surface area contributed by atoms with Gasteiger partial charge in [-0.3, -0.25) is 0 Å². The summed E-state index contributed by atoms with van der Waals surface area (Å²) in [5.41, 5.74) is 4.60. The molecule has 0 aliphatic carbocycles. The molecule has 3 aromatic rings. The molecule has 0 unspecified atom stereocenters. The minimum atomic E-state index is -0.124. The van der Waals surface area contributed by atoms with E-state index in [1.54, 1.807) is 6.07 Å². The highest BCUT2D eigenvalue weighted by Gasteiger charge is 2.12. The van der Waals surface area contributed by atoms with Crippen LogP contribution in [-0.4, -0.2) is 17.7 Å². The number of fused-ring (bicyclic) bond motifs is 3. The molecule has 4 rings (SSSR count). The molecule has 0 atom stereocenters. The number of rotatable bonds is 2. The molecule has 2 nitrogen and oxygen atoms in total. The lowest BCUT2D eigenvalue weighted by Gasteiger charge is -2.07. The number of hydrogen-bond donors (Lipinski definition) is 1. The van der Waals surface area contributed by atoms with Gasteiger partial charge < -0.3 is 9.88 Å². The Bertz CT molecular complexity index is 819. The van der Waals surface area contributed by atoms with E-state index >= 15 is 0 Å². The minimum absolute atomic E-state index is 0.124. The summed E-state index contributed by atoms with van der Waals surface area (Å²) in [5.74, 6) is -0.124. The van der Waals surface area contributed by atoms with Gasteiger partial charge in [0.2, 0.25) is 0 Å². The maximum Gasteiger partial charge on any atom is 0.126 e. The first kappa shape index (κ1) is 13.5. The average molecular weight is 294 g/mol. The SMILES string of the molecule is Fc1ccccc1Cc1ccc2c(c1)cc1n2CCNCC1. The lowest BCUT2D eigenvalue weighted by Crippen LogP contribution is -2.17. The van der Waals surface area contributed by atoms with Crippen LogP contribution >= 0.6 is 0 Å². The number of halogens is 1. The summed E-state index contributed by atoms with van der Waals surface area (Å²) >= 11 is 0. The van der Waals surface area contributed by atoms with Crippen molar-refractivity contribution < 1.29 is 4.39 Å². The topological polar surface area (TPSA) is 17.0 Å². The molecule has 1 aromatic heterocycles. The van der Waals surface area contributed by atoms with Gasteiger partial charge in [-0.25, -0.2) is 4.39 Å². The maximum atomic E-state index is 13.8. The lowest BCUT2D eigenvalue weighted by atomic mass is 10.0. The van der Waals surface area contributed by atoms with Crippen LogP contribution in [0.15, 0.2) is 48.5 Å². The van der Waals surface area contributed by atoms with Gasteiger partial charge in [-0.2, -0.15) is 0 Å². The molecule has 112 valence electrons. The lowest BCUT2D eigenvalue weighted by molar-refractivity contribution is 0.614. The molecule has 0 fully saturated rings. The number of aromatic nitrogens is 1. The predicted octanol–water partition coefficient (Wildman–Crippen LogP) is 3.52. The van der Waals surface area contributed by atoms with Crippen LogP contribution in [0, 0.1) is 5.82 Å². The van der Waals surface area contributed by atoms with Crippen LogP contribution in [-0.2, 0) is 19.4 Å². The van der Waals surface area contributed by atoms with Gasteiger partial charge in [0.1, 0.15) is 5.82 Å². The molecule has 0 radical (unpaired) electrons. The van der Waals surface area contributed by atoms with Crippen molar-refractivity contribution in [2.75, 3.05) is 13.1 Å². The summed E-state index contributed by atoms with van der Waals surface area (Å²) in [6.45, 7) is 3.08. The van der Waals surface area contributed by atoms with Gasteiger partial charge in [-0.1, -0.05) is 24.3 Å². The highest BCUT2D eigenvalue weighted by atomic mass is 19.1. The fraction of sp³-hybridized carbons (Fsp3) is 0.263. The van der Waals surface area contributed by atoms with E-state index in [0.29, 0.717) is 6.42 Å². The maximum absolute atomic E-state index is 13.8. The molecule has 22 heavy (non-hydrogen) atoms. The Morgan fingerprint density at radius 3 is 2.86 bits per heavy atom. The van der Waals surface area contributed by atoms with E-state index in [2.05, 4.69) is 34.1 Å². The van der Waals surface area contributed by atoms with Gasteiger partial charge in [0.25, 0.3) is 0 Å². The van der Waals surface area contributed by atoms with E-state index in [1.165, 1.54) is 22.7 Å². The highest BCUT2D eigenvalue weighted by molar-refractivity contribution is 5.82. The molecule has 0 saturated carbocycles. The van der Waals surface area contributed by atoms with Crippen molar-refractivity contribution >= 4 is 10.9 Å². The van der Waals surface area contributed by atoms with E-state index in [-0.39, 0.29) is 5.82 Å². The van der Waals surface area contributed by atoms with Crippen LogP contribution in [0.3, 0.4) is 0 Å². The number of nitrogens with one attached hydrogen (secondary N) is 1.